The largest absolute Gasteiger partial charge is 0.311 e. The van der Waals surface area contributed by atoms with E-state index in [4.69, 9.17) is 0 Å². The normalized spacial score (nSPS) is 36.4. The van der Waals surface area contributed by atoms with Crippen molar-refractivity contribution in [1.82, 2.24) is 5.32 Å². The molecule has 2 heteroatoms. The molecular weight excluding hydrogens is 213 g/mol. The molecule has 2 unspecified atom stereocenters. The third-order valence-corrected chi connectivity index (χ3v) is 4.54. The molecular formula is C15H28FN. The Morgan fingerprint density at radius 2 is 1.59 bits per heavy atom. The molecule has 1 N–H and O–H groups in total. The number of halogens is 1. The smallest absolute Gasteiger partial charge is 0.114 e. The minimum Gasteiger partial charge on any atom is -0.311 e. The van der Waals surface area contributed by atoms with E-state index < -0.39 is 5.67 Å². The fourth-order valence-electron chi connectivity index (χ4n) is 3.62. The number of rotatable bonds is 7. The van der Waals surface area contributed by atoms with Gasteiger partial charge in [0.2, 0.25) is 0 Å². The van der Waals surface area contributed by atoms with E-state index in [1.807, 2.05) is 0 Å². The van der Waals surface area contributed by atoms with Gasteiger partial charge in [-0.1, -0.05) is 45.4 Å². The average Bonchev–Trinajstić information content (AvgIpc) is 2.64. The maximum Gasteiger partial charge on any atom is 0.114 e. The lowest BCUT2D eigenvalue weighted by Gasteiger charge is -2.35. The summed E-state index contributed by atoms with van der Waals surface area (Å²) in [5, 5.41) is 3.52. The standard InChI is InChI=1S/C15H28FN/c1-2-3-4-5-6-7-10-15(16)11-13-8-9-14(12-15)17-13/h13-14,17H,2-12H2,1H3. The van der Waals surface area contributed by atoms with Gasteiger partial charge in [-0.2, -0.15) is 0 Å². The molecule has 2 rings (SSSR count). The molecule has 0 amide bonds. The first-order valence-electron chi connectivity index (χ1n) is 7.67. The van der Waals surface area contributed by atoms with Crippen molar-refractivity contribution in [3.8, 4) is 0 Å². The Morgan fingerprint density at radius 3 is 2.24 bits per heavy atom. The summed E-state index contributed by atoms with van der Waals surface area (Å²) in [6.45, 7) is 2.24. The van der Waals surface area contributed by atoms with E-state index in [2.05, 4.69) is 12.2 Å². The maximum absolute atomic E-state index is 14.6. The van der Waals surface area contributed by atoms with Gasteiger partial charge < -0.3 is 5.32 Å². The first-order valence-corrected chi connectivity index (χ1v) is 7.67. The third-order valence-electron chi connectivity index (χ3n) is 4.54. The van der Waals surface area contributed by atoms with E-state index in [1.165, 1.54) is 44.9 Å². The molecule has 2 bridgehead atoms. The van der Waals surface area contributed by atoms with Gasteiger partial charge in [-0.25, -0.2) is 4.39 Å². The van der Waals surface area contributed by atoms with Crippen LogP contribution >= 0.6 is 0 Å². The highest BCUT2D eigenvalue weighted by Gasteiger charge is 2.43. The number of hydrogen-bond acceptors (Lipinski definition) is 1. The van der Waals surface area contributed by atoms with Crippen LogP contribution in [0.3, 0.4) is 0 Å². The van der Waals surface area contributed by atoms with Gasteiger partial charge in [0.05, 0.1) is 0 Å². The van der Waals surface area contributed by atoms with Crippen molar-refractivity contribution in [3.63, 3.8) is 0 Å². The molecule has 2 aliphatic heterocycles. The molecule has 2 fully saturated rings. The van der Waals surface area contributed by atoms with Crippen molar-refractivity contribution in [2.45, 2.75) is 95.3 Å². The third kappa shape index (κ3) is 3.94. The summed E-state index contributed by atoms with van der Waals surface area (Å²) in [6, 6.07) is 0.970. The van der Waals surface area contributed by atoms with E-state index in [9.17, 15) is 4.39 Å². The van der Waals surface area contributed by atoms with Gasteiger partial charge in [0, 0.05) is 12.1 Å². The molecule has 100 valence electrons. The Bertz CT molecular complexity index is 217. The van der Waals surface area contributed by atoms with E-state index in [1.54, 1.807) is 0 Å². The number of piperidine rings is 1. The Hall–Kier alpha value is -0.110. The van der Waals surface area contributed by atoms with Crippen LogP contribution in [-0.2, 0) is 0 Å². The van der Waals surface area contributed by atoms with Gasteiger partial charge >= 0.3 is 0 Å². The molecule has 0 aromatic carbocycles. The Kier molecular flexibility index (Phi) is 4.84. The zero-order valence-electron chi connectivity index (χ0n) is 11.3. The summed E-state index contributed by atoms with van der Waals surface area (Å²) in [4.78, 5) is 0. The van der Waals surface area contributed by atoms with Gasteiger partial charge in [0.1, 0.15) is 5.67 Å². The lowest BCUT2D eigenvalue weighted by molar-refractivity contribution is 0.0763. The highest BCUT2D eigenvalue weighted by atomic mass is 19.1. The van der Waals surface area contributed by atoms with E-state index >= 15 is 0 Å². The Labute approximate surface area is 106 Å². The van der Waals surface area contributed by atoms with Crippen LogP contribution in [0.1, 0.15) is 77.6 Å². The topological polar surface area (TPSA) is 12.0 Å². The maximum atomic E-state index is 14.6. The van der Waals surface area contributed by atoms with Crippen LogP contribution in [0.2, 0.25) is 0 Å². The van der Waals surface area contributed by atoms with Gasteiger partial charge in [-0.05, 0) is 32.1 Å². The van der Waals surface area contributed by atoms with Crippen LogP contribution in [0.4, 0.5) is 4.39 Å². The number of unbranched alkanes of at least 4 members (excludes halogenated alkanes) is 5. The molecule has 2 saturated heterocycles. The van der Waals surface area contributed by atoms with Gasteiger partial charge in [0.25, 0.3) is 0 Å². The summed E-state index contributed by atoms with van der Waals surface area (Å²) >= 11 is 0. The summed E-state index contributed by atoms with van der Waals surface area (Å²) in [5.41, 5.74) is -0.832. The Morgan fingerprint density at radius 1 is 1.00 bits per heavy atom. The van der Waals surface area contributed by atoms with E-state index in [0.29, 0.717) is 12.1 Å². The van der Waals surface area contributed by atoms with Gasteiger partial charge in [-0.3, -0.25) is 0 Å². The fraction of sp³-hybridized carbons (Fsp3) is 1.00. The summed E-state index contributed by atoms with van der Waals surface area (Å²) < 4.78 is 14.6. The minimum atomic E-state index is -0.832. The van der Waals surface area contributed by atoms with Crippen LogP contribution in [0.15, 0.2) is 0 Å². The first-order chi connectivity index (χ1) is 8.22. The second-order valence-electron chi connectivity index (χ2n) is 6.21. The van der Waals surface area contributed by atoms with Crippen LogP contribution in [0, 0.1) is 0 Å². The molecule has 0 radical (unpaired) electrons. The average molecular weight is 241 g/mol. The monoisotopic (exact) mass is 241 g/mol. The molecule has 2 heterocycles. The predicted octanol–water partition coefficient (Wildman–Crippen LogP) is 4.36. The lowest BCUT2D eigenvalue weighted by Crippen LogP contribution is -2.46. The quantitative estimate of drug-likeness (QED) is 0.653. The molecule has 1 nitrogen and oxygen atoms in total. The lowest BCUT2D eigenvalue weighted by atomic mass is 9.85. The molecule has 0 spiro atoms. The van der Waals surface area contributed by atoms with Crippen LogP contribution in [0.25, 0.3) is 0 Å². The summed E-state index contributed by atoms with van der Waals surface area (Å²) in [7, 11) is 0. The fourth-order valence-corrected chi connectivity index (χ4v) is 3.62. The highest BCUT2D eigenvalue weighted by molar-refractivity contribution is 4.99. The molecule has 0 aromatic heterocycles. The van der Waals surface area contributed by atoms with Crippen molar-refractivity contribution < 1.29 is 4.39 Å². The van der Waals surface area contributed by atoms with Crippen LogP contribution in [-0.4, -0.2) is 17.8 Å². The Balaban J connectivity index is 1.61. The van der Waals surface area contributed by atoms with Gasteiger partial charge in [-0.15, -0.1) is 0 Å². The second-order valence-corrected chi connectivity index (χ2v) is 6.21. The minimum absolute atomic E-state index is 0.485. The number of fused-ring (bicyclic) bond motifs is 2. The van der Waals surface area contributed by atoms with Crippen LogP contribution < -0.4 is 5.32 Å². The molecule has 0 aliphatic carbocycles. The number of alkyl halides is 1. The highest BCUT2D eigenvalue weighted by Crippen LogP contribution is 2.39. The summed E-state index contributed by atoms with van der Waals surface area (Å²) in [6.07, 6.45) is 12.4. The zero-order chi connectivity index (χ0) is 12.1. The zero-order valence-corrected chi connectivity index (χ0v) is 11.3. The molecule has 2 atom stereocenters. The molecule has 17 heavy (non-hydrogen) atoms. The van der Waals surface area contributed by atoms with Crippen LogP contribution in [0.5, 0.6) is 0 Å². The first kappa shape index (κ1) is 13.3. The summed E-state index contributed by atoms with van der Waals surface area (Å²) in [5.74, 6) is 0. The van der Waals surface area contributed by atoms with Crippen molar-refractivity contribution in [2.24, 2.45) is 0 Å². The molecule has 2 aliphatic rings. The molecule has 0 aromatic rings. The van der Waals surface area contributed by atoms with Crippen molar-refractivity contribution in [1.29, 1.82) is 0 Å². The molecule has 0 saturated carbocycles. The second kappa shape index (κ2) is 6.17. The van der Waals surface area contributed by atoms with Crippen molar-refractivity contribution in [2.75, 3.05) is 0 Å². The van der Waals surface area contributed by atoms with E-state index in [0.717, 1.165) is 25.7 Å². The number of nitrogens with one attached hydrogen (secondary N) is 1. The van der Waals surface area contributed by atoms with Crippen molar-refractivity contribution in [3.05, 3.63) is 0 Å². The SMILES string of the molecule is CCCCCCCCC1(F)CC2CCC(C1)N2. The number of hydrogen-bond donors (Lipinski definition) is 1. The predicted molar refractivity (Wildman–Crippen MR) is 71.0 cm³/mol. The van der Waals surface area contributed by atoms with Crippen molar-refractivity contribution >= 4 is 0 Å². The van der Waals surface area contributed by atoms with E-state index in [-0.39, 0.29) is 0 Å². The van der Waals surface area contributed by atoms with Gasteiger partial charge in [0.15, 0.2) is 0 Å².